The maximum absolute atomic E-state index is 12.8. The monoisotopic (exact) mass is 486 g/mol. The number of carbonyl (C=O) groups excluding carboxylic acids is 1. The van der Waals surface area contributed by atoms with Gasteiger partial charge >= 0.3 is 0 Å². The molecule has 0 aliphatic heterocycles. The predicted molar refractivity (Wildman–Crippen MR) is 137 cm³/mol. The minimum Gasteiger partial charge on any atom is -0.484 e. The Kier molecular flexibility index (Phi) is 7.48. The van der Waals surface area contributed by atoms with Gasteiger partial charge in [0.05, 0.1) is 16.6 Å². The van der Waals surface area contributed by atoms with E-state index in [9.17, 15) is 13.2 Å². The zero-order valence-corrected chi connectivity index (χ0v) is 20.1. The van der Waals surface area contributed by atoms with E-state index in [1.807, 2.05) is 60.7 Å². The first-order valence-corrected chi connectivity index (χ1v) is 12.6. The van der Waals surface area contributed by atoms with Crippen LogP contribution in [0.4, 0.5) is 5.69 Å². The molecule has 35 heavy (non-hydrogen) atoms. The van der Waals surface area contributed by atoms with Gasteiger partial charge in [-0.3, -0.25) is 9.10 Å². The maximum Gasteiger partial charge on any atom is 0.264 e. The summed E-state index contributed by atoms with van der Waals surface area (Å²) in [6.07, 6.45) is 0. The van der Waals surface area contributed by atoms with Crippen LogP contribution >= 0.6 is 0 Å². The highest BCUT2D eigenvalue weighted by atomic mass is 32.2. The molecule has 0 unspecified atom stereocenters. The van der Waals surface area contributed by atoms with E-state index in [1.54, 1.807) is 54.6 Å². The summed E-state index contributed by atoms with van der Waals surface area (Å²) in [4.78, 5) is 12.9. The third-order valence-electron chi connectivity index (χ3n) is 5.54. The zero-order chi connectivity index (χ0) is 24.7. The lowest BCUT2D eigenvalue weighted by molar-refractivity contribution is -0.123. The number of hydrogen-bond donors (Lipinski definition) is 1. The zero-order valence-electron chi connectivity index (χ0n) is 19.2. The van der Waals surface area contributed by atoms with Gasteiger partial charge in [0.15, 0.2) is 6.61 Å². The second-order valence-corrected chi connectivity index (χ2v) is 9.86. The van der Waals surface area contributed by atoms with Crippen molar-refractivity contribution in [3.63, 3.8) is 0 Å². The van der Waals surface area contributed by atoms with Crippen molar-refractivity contribution in [2.45, 2.75) is 10.9 Å². The van der Waals surface area contributed by atoms with Gasteiger partial charge in [-0.2, -0.15) is 0 Å². The molecule has 1 N–H and O–H groups in total. The SMILES string of the molecule is CN(c1ccc(OCC(=O)NC(c2ccccc2)c2ccccc2)cc1)S(=O)(=O)c1ccccc1. The van der Waals surface area contributed by atoms with E-state index >= 15 is 0 Å². The molecule has 0 aromatic heterocycles. The van der Waals surface area contributed by atoms with E-state index in [4.69, 9.17) is 4.74 Å². The van der Waals surface area contributed by atoms with Crippen LogP contribution in [0.15, 0.2) is 120 Å². The fourth-order valence-electron chi connectivity index (χ4n) is 3.64. The lowest BCUT2D eigenvalue weighted by Gasteiger charge is -2.21. The first kappa shape index (κ1) is 24.0. The molecule has 0 saturated carbocycles. The number of nitrogens with zero attached hydrogens (tertiary/aromatic N) is 1. The van der Waals surface area contributed by atoms with E-state index in [2.05, 4.69) is 5.32 Å². The normalized spacial score (nSPS) is 11.1. The van der Waals surface area contributed by atoms with E-state index in [0.29, 0.717) is 11.4 Å². The molecular weight excluding hydrogens is 460 g/mol. The number of rotatable bonds is 9. The van der Waals surface area contributed by atoms with Crippen molar-refractivity contribution in [2.24, 2.45) is 0 Å². The van der Waals surface area contributed by atoms with Crippen LogP contribution in [-0.2, 0) is 14.8 Å². The van der Waals surface area contributed by atoms with Crippen LogP contribution in [-0.4, -0.2) is 28.0 Å². The molecule has 7 heteroatoms. The number of nitrogens with one attached hydrogen (secondary N) is 1. The molecule has 0 fully saturated rings. The van der Waals surface area contributed by atoms with Crippen LogP contribution in [0.1, 0.15) is 17.2 Å². The van der Waals surface area contributed by atoms with Gasteiger partial charge in [0.2, 0.25) is 0 Å². The van der Waals surface area contributed by atoms with Crippen molar-refractivity contribution in [1.29, 1.82) is 0 Å². The molecule has 0 aliphatic rings. The standard InChI is InChI=1S/C28H26N2O4S/c1-30(35(32,33)26-15-9-4-10-16-26)24-17-19-25(20-18-24)34-21-27(31)29-28(22-11-5-2-6-12-22)23-13-7-3-8-14-23/h2-20,28H,21H2,1H3,(H,29,31). The lowest BCUT2D eigenvalue weighted by atomic mass is 9.99. The summed E-state index contributed by atoms with van der Waals surface area (Å²) in [5.74, 6) is 0.195. The third kappa shape index (κ3) is 5.88. The summed E-state index contributed by atoms with van der Waals surface area (Å²) in [7, 11) is -2.17. The number of benzene rings is 4. The van der Waals surface area contributed by atoms with E-state index in [-0.39, 0.29) is 23.5 Å². The van der Waals surface area contributed by atoms with E-state index in [0.717, 1.165) is 11.1 Å². The summed E-state index contributed by atoms with van der Waals surface area (Å²) >= 11 is 0. The molecule has 0 spiro atoms. The smallest absolute Gasteiger partial charge is 0.264 e. The highest BCUT2D eigenvalue weighted by Crippen LogP contribution is 2.25. The molecule has 1 amide bonds. The molecule has 178 valence electrons. The predicted octanol–water partition coefficient (Wildman–Crippen LogP) is 4.80. The number of amides is 1. The fraction of sp³-hybridized carbons (Fsp3) is 0.107. The van der Waals surface area contributed by atoms with Crippen LogP contribution in [0.2, 0.25) is 0 Å². The van der Waals surface area contributed by atoms with E-state index in [1.165, 1.54) is 11.4 Å². The van der Waals surface area contributed by atoms with Crippen molar-refractivity contribution in [2.75, 3.05) is 18.0 Å². The molecule has 0 atom stereocenters. The molecule has 0 heterocycles. The van der Waals surface area contributed by atoms with Gasteiger partial charge in [-0.15, -0.1) is 0 Å². The average molecular weight is 487 g/mol. The van der Waals surface area contributed by atoms with Gasteiger partial charge in [0, 0.05) is 7.05 Å². The van der Waals surface area contributed by atoms with Crippen molar-refractivity contribution >= 4 is 21.6 Å². The molecule has 0 radical (unpaired) electrons. The first-order valence-electron chi connectivity index (χ1n) is 11.1. The highest BCUT2D eigenvalue weighted by molar-refractivity contribution is 7.92. The number of hydrogen-bond acceptors (Lipinski definition) is 4. The van der Waals surface area contributed by atoms with Gasteiger partial charge in [-0.1, -0.05) is 78.9 Å². The Morgan fingerprint density at radius 1 is 0.771 bits per heavy atom. The topological polar surface area (TPSA) is 75.7 Å². The van der Waals surface area contributed by atoms with Gasteiger partial charge in [-0.25, -0.2) is 8.42 Å². The van der Waals surface area contributed by atoms with Gasteiger partial charge in [0.25, 0.3) is 15.9 Å². The number of carbonyl (C=O) groups is 1. The van der Waals surface area contributed by atoms with Gasteiger partial charge < -0.3 is 10.1 Å². The second-order valence-electron chi connectivity index (χ2n) is 7.89. The fourth-order valence-corrected chi connectivity index (χ4v) is 4.86. The van der Waals surface area contributed by atoms with Crippen molar-refractivity contribution in [3.8, 4) is 5.75 Å². The Labute approximate surface area is 205 Å². The minimum absolute atomic E-state index is 0.173. The van der Waals surface area contributed by atoms with Gasteiger partial charge in [-0.05, 0) is 47.5 Å². The molecular formula is C28H26N2O4S. The summed E-state index contributed by atoms with van der Waals surface area (Å²) < 4.78 is 32.5. The number of ether oxygens (including phenoxy) is 1. The van der Waals surface area contributed by atoms with E-state index < -0.39 is 10.0 Å². The number of anilines is 1. The summed E-state index contributed by atoms with van der Waals surface area (Å²) in [6.45, 7) is -0.173. The minimum atomic E-state index is -3.67. The highest BCUT2D eigenvalue weighted by Gasteiger charge is 2.21. The Morgan fingerprint density at radius 3 is 1.77 bits per heavy atom. The van der Waals surface area contributed by atoms with Crippen LogP contribution < -0.4 is 14.4 Å². The molecule has 4 aromatic rings. The summed E-state index contributed by atoms with van der Waals surface area (Å²) in [5.41, 5.74) is 2.43. The van der Waals surface area contributed by atoms with Crippen LogP contribution in [0.5, 0.6) is 5.75 Å². The molecule has 4 rings (SSSR count). The summed E-state index contributed by atoms with van der Waals surface area (Å²) in [6, 6.07) is 34.0. The number of sulfonamides is 1. The van der Waals surface area contributed by atoms with Crippen molar-refractivity contribution in [1.82, 2.24) is 5.32 Å². The quantitative estimate of drug-likeness (QED) is 0.369. The van der Waals surface area contributed by atoms with Crippen LogP contribution in [0.3, 0.4) is 0 Å². The Morgan fingerprint density at radius 2 is 1.26 bits per heavy atom. The largest absolute Gasteiger partial charge is 0.484 e. The molecule has 6 nitrogen and oxygen atoms in total. The Balaban J connectivity index is 1.40. The third-order valence-corrected chi connectivity index (χ3v) is 7.34. The van der Waals surface area contributed by atoms with Crippen LogP contribution in [0.25, 0.3) is 0 Å². The Hall–Kier alpha value is -4.10. The van der Waals surface area contributed by atoms with Gasteiger partial charge in [0.1, 0.15) is 5.75 Å². The first-order chi connectivity index (χ1) is 16.9. The van der Waals surface area contributed by atoms with Crippen molar-refractivity contribution < 1.29 is 17.9 Å². The lowest BCUT2D eigenvalue weighted by Crippen LogP contribution is -2.33. The molecule has 0 saturated heterocycles. The molecule has 4 aromatic carbocycles. The molecule has 0 aliphatic carbocycles. The second kappa shape index (κ2) is 10.9. The summed E-state index contributed by atoms with van der Waals surface area (Å²) in [5, 5.41) is 3.04. The van der Waals surface area contributed by atoms with Crippen LogP contribution in [0, 0.1) is 0 Å². The maximum atomic E-state index is 12.8. The molecule has 0 bridgehead atoms. The van der Waals surface area contributed by atoms with Crippen molar-refractivity contribution in [3.05, 3.63) is 126 Å². The Bertz CT molecular complexity index is 1310. The average Bonchev–Trinajstić information content (AvgIpc) is 2.92.